The number of aromatic nitrogens is 5. The van der Waals surface area contributed by atoms with Crippen molar-refractivity contribution in [3.63, 3.8) is 0 Å². The number of aromatic amines is 1. The molecule has 0 bridgehead atoms. The minimum atomic E-state index is -3.31. The highest BCUT2D eigenvalue weighted by Crippen LogP contribution is 2.27. The number of esters is 1. The number of sulfone groups is 1. The number of H-pyrrole nitrogens is 1. The minimum Gasteiger partial charge on any atom is -0.465 e. The molecule has 0 aromatic carbocycles. The molecule has 3 rings (SSSR count). The highest BCUT2D eigenvalue weighted by Gasteiger charge is 2.27. The molecular formula is C17H21N5O7S. The summed E-state index contributed by atoms with van der Waals surface area (Å²) in [5.41, 5.74) is -0.174. The zero-order chi connectivity index (χ0) is 21.9. The van der Waals surface area contributed by atoms with Crippen LogP contribution in [0.15, 0.2) is 21.7 Å². The van der Waals surface area contributed by atoms with Crippen molar-refractivity contribution in [1.82, 2.24) is 24.9 Å². The van der Waals surface area contributed by atoms with Gasteiger partial charge in [-0.05, 0) is 6.42 Å². The van der Waals surface area contributed by atoms with E-state index in [0.29, 0.717) is 18.9 Å². The maximum atomic E-state index is 12.2. The van der Waals surface area contributed by atoms with E-state index >= 15 is 0 Å². The zero-order valence-electron chi connectivity index (χ0n) is 16.6. The van der Waals surface area contributed by atoms with Crippen LogP contribution in [0.1, 0.15) is 34.5 Å². The van der Waals surface area contributed by atoms with E-state index in [1.807, 2.05) is 0 Å². The summed E-state index contributed by atoms with van der Waals surface area (Å²) in [6.07, 6.45) is 4.47. The standard InChI is InChI=1S/C17H21N5O7S/c1-27-6-4-13-18-16(29-21-13)12(5-7-30(3,25)26)22-8-10-14(19-20-15(10)23)11(9-22)17(24)28-2/h8-9,12H,4-7H2,1-3H3,(H,20,23)/t12-/m1/s1. The van der Waals surface area contributed by atoms with Crippen LogP contribution in [0.4, 0.5) is 0 Å². The first-order valence-electron chi connectivity index (χ1n) is 8.90. The Bertz CT molecular complexity index is 1160. The molecule has 0 fully saturated rings. The number of nitrogens with one attached hydrogen (secondary N) is 1. The van der Waals surface area contributed by atoms with Crippen LogP contribution in [0.5, 0.6) is 0 Å². The molecule has 0 unspecified atom stereocenters. The fraction of sp³-hybridized carbons (Fsp3) is 0.471. The molecule has 1 aromatic heterocycles. The molecule has 12 nitrogen and oxygen atoms in total. The lowest BCUT2D eigenvalue weighted by Gasteiger charge is -2.19. The Morgan fingerprint density at radius 2 is 2.10 bits per heavy atom. The Balaban J connectivity index is 2.10. The van der Waals surface area contributed by atoms with Crippen molar-refractivity contribution in [2.75, 3.05) is 32.8 Å². The third-order valence-electron chi connectivity index (χ3n) is 4.41. The van der Waals surface area contributed by atoms with Gasteiger partial charge in [-0.3, -0.25) is 4.79 Å². The normalized spacial score (nSPS) is 12.9. The first kappa shape index (κ1) is 21.6. The predicted octanol–water partition coefficient (Wildman–Crippen LogP) is 0.0588. The number of nitrogens with zero attached hydrogens (tertiary/aromatic N) is 4. The zero-order valence-corrected chi connectivity index (χ0v) is 17.4. The first-order chi connectivity index (χ1) is 14.2. The Labute approximate surface area is 171 Å². The molecule has 0 saturated heterocycles. The molecule has 0 spiro atoms. The van der Waals surface area contributed by atoms with Gasteiger partial charge in [0.2, 0.25) is 5.89 Å². The lowest BCUT2D eigenvalue weighted by molar-refractivity contribution is 0.0600. The number of hydrogen-bond acceptors (Lipinski definition) is 10. The maximum absolute atomic E-state index is 12.2. The van der Waals surface area contributed by atoms with Gasteiger partial charge < -0.3 is 18.6 Å². The number of hydrogen-bond donors (Lipinski definition) is 1. The Kier molecular flexibility index (Phi) is 6.31. The van der Waals surface area contributed by atoms with E-state index < -0.39 is 27.4 Å². The van der Waals surface area contributed by atoms with Crippen molar-refractivity contribution in [3.8, 4) is 11.3 Å². The fourth-order valence-corrected chi connectivity index (χ4v) is 3.57. The Morgan fingerprint density at radius 3 is 2.77 bits per heavy atom. The highest BCUT2D eigenvalue weighted by molar-refractivity contribution is 7.90. The van der Waals surface area contributed by atoms with Gasteiger partial charge in [-0.2, -0.15) is 10.1 Å². The lowest BCUT2D eigenvalue weighted by atomic mass is 10.1. The van der Waals surface area contributed by atoms with Gasteiger partial charge in [0.1, 0.15) is 27.1 Å². The average molecular weight is 439 g/mol. The average Bonchev–Trinajstić information content (AvgIpc) is 3.32. The minimum absolute atomic E-state index is 0.0387. The maximum Gasteiger partial charge on any atom is 0.341 e. The molecule has 0 radical (unpaired) electrons. The second kappa shape index (κ2) is 8.75. The van der Waals surface area contributed by atoms with E-state index in [1.54, 1.807) is 7.11 Å². The van der Waals surface area contributed by atoms with Gasteiger partial charge in [-0.25, -0.2) is 18.3 Å². The number of carbonyl (C=O) groups excluding carboxylic acids is 1. The predicted molar refractivity (Wildman–Crippen MR) is 103 cm³/mol. The number of methoxy groups -OCH3 is 2. The van der Waals surface area contributed by atoms with E-state index in [4.69, 9.17) is 14.0 Å². The summed E-state index contributed by atoms with van der Waals surface area (Å²) in [6.45, 7) is 0.382. The summed E-state index contributed by atoms with van der Waals surface area (Å²) in [6, 6.07) is -0.745. The van der Waals surface area contributed by atoms with Gasteiger partial charge in [0.25, 0.3) is 5.56 Å². The molecular weight excluding hydrogens is 418 g/mol. The second-order valence-corrected chi connectivity index (χ2v) is 8.91. The third-order valence-corrected chi connectivity index (χ3v) is 5.38. The van der Waals surface area contributed by atoms with E-state index in [9.17, 15) is 18.0 Å². The Hall–Kier alpha value is -3.06. The molecule has 2 aliphatic heterocycles. The third kappa shape index (κ3) is 4.74. The molecule has 2 aliphatic rings. The van der Waals surface area contributed by atoms with Gasteiger partial charge in [0, 0.05) is 32.2 Å². The van der Waals surface area contributed by atoms with E-state index in [-0.39, 0.29) is 34.9 Å². The highest BCUT2D eigenvalue weighted by atomic mass is 32.2. The van der Waals surface area contributed by atoms with Crippen LogP contribution in [0.3, 0.4) is 0 Å². The number of carbonyl (C=O) groups is 1. The first-order valence-corrected chi connectivity index (χ1v) is 11.0. The molecule has 1 N–H and O–H groups in total. The van der Waals surface area contributed by atoms with E-state index in [2.05, 4.69) is 20.3 Å². The molecule has 0 amide bonds. The van der Waals surface area contributed by atoms with Crippen LogP contribution in [0, 0.1) is 0 Å². The molecule has 13 heteroatoms. The molecule has 30 heavy (non-hydrogen) atoms. The second-order valence-electron chi connectivity index (χ2n) is 6.65. The summed E-state index contributed by atoms with van der Waals surface area (Å²) in [5, 5.41) is 10.1. The van der Waals surface area contributed by atoms with Gasteiger partial charge >= 0.3 is 5.97 Å². The lowest BCUT2D eigenvalue weighted by Crippen LogP contribution is -2.19. The molecule has 1 atom stereocenters. The van der Waals surface area contributed by atoms with Crippen LogP contribution >= 0.6 is 0 Å². The smallest absolute Gasteiger partial charge is 0.341 e. The van der Waals surface area contributed by atoms with Crippen molar-refractivity contribution in [1.29, 1.82) is 0 Å². The molecule has 1 aromatic rings. The van der Waals surface area contributed by atoms with E-state index in [0.717, 1.165) is 6.26 Å². The molecule has 0 saturated carbocycles. The van der Waals surface area contributed by atoms with Crippen molar-refractivity contribution < 1.29 is 27.2 Å². The quantitative estimate of drug-likeness (QED) is 0.452. The van der Waals surface area contributed by atoms with Gasteiger partial charge in [0.15, 0.2) is 5.82 Å². The number of ether oxygens (including phenoxy) is 2. The SMILES string of the molecule is COCCc1noc([C@@H](CCS(C)(=O)=O)n2cc(C(=O)OC)c3n[nH]c(=O)c-3c2)n1. The summed E-state index contributed by atoms with van der Waals surface area (Å²) in [4.78, 5) is 28.7. The summed E-state index contributed by atoms with van der Waals surface area (Å²) >= 11 is 0. The van der Waals surface area contributed by atoms with Gasteiger partial charge in [-0.1, -0.05) is 5.16 Å². The van der Waals surface area contributed by atoms with Crippen LogP contribution in [-0.2, 0) is 25.7 Å². The number of rotatable bonds is 9. The van der Waals surface area contributed by atoms with Crippen LogP contribution in [-0.4, -0.2) is 72.1 Å². The van der Waals surface area contributed by atoms with Gasteiger partial charge in [0.05, 0.1) is 25.0 Å². The summed E-state index contributed by atoms with van der Waals surface area (Å²) in [5.74, 6) is -0.351. The van der Waals surface area contributed by atoms with Crippen molar-refractivity contribution in [2.45, 2.75) is 18.9 Å². The Morgan fingerprint density at radius 1 is 1.33 bits per heavy atom. The number of pyridine rings is 1. The summed E-state index contributed by atoms with van der Waals surface area (Å²) in [7, 11) is -0.560. The summed E-state index contributed by atoms with van der Waals surface area (Å²) < 4.78 is 40.1. The van der Waals surface area contributed by atoms with Crippen LogP contribution < -0.4 is 5.56 Å². The van der Waals surface area contributed by atoms with E-state index in [1.165, 1.54) is 24.1 Å². The topological polar surface area (TPSA) is 159 Å². The fourth-order valence-electron chi connectivity index (χ4n) is 2.92. The number of fused-ring (bicyclic) bond motifs is 1. The monoisotopic (exact) mass is 439 g/mol. The van der Waals surface area contributed by atoms with Crippen molar-refractivity contribution >= 4 is 15.8 Å². The van der Waals surface area contributed by atoms with Crippen molar-refractivity contribution in [3.05, 3.63) is 40.0 Å². The van der Waals surface area contributed by atoms with Crippen molar-refractivity contribution in [2.24, 2.45) is 0 Å². The molecule has 162 valence electrons. The van der Waals surface area contributed by atoms with Gasteiger partial charge in [-0.15, -0.1) is 0 Å². The van der Waals surface area contributed by atoms with Crippen LogP contribution in [0.25, 0.3) is 11.3 Å². The van der Waals surface area contributed by atoms with Crippen LogP contribution in [0.2, 0.25) is 0 Å². The largest absolute Gasteiger partial charge is 0.465 e. The molecule has 3 heterocycles. The molecule has 0 aliphatic carbocycles.